The first-order valence-electron chi connectivity index (χ1n) is 11.2. The lowest BCUT2D eigenvalue weighted by atomic mass is 10.0. The number of esters is 2. The van der Waals surface area contributed by atoms with E-state index in [4.69, 9.17) is 44.3 Å². The summed E-state index contributed by atoms with van der Waals surface area (Å²) < 4.78 is 10.9. The second kappa shape index (κ2) is 15.8. The predicted octanol–water partition coefficient (Wildman–Crippen LogP) is 8.18. The molecule has 0 aromatic heterocycles. The Labute approximate surface area is 201 Å². The predicted molar refractivity (Wildman–Crippen MR) is 128 cm³/mol. The lowest BCUT2D eigenvalue weighted by Crippen LogP contribution is -2.23. The normalized spacial score (nSPS) is 12.1. The molecule has 1 aromatic rings. The highest BCUT2D eigenvalue weighted by Crippen LogP contribution is 2.29. The van der Waals surface area contributed by atoms with Crippen molar-refractivity contribution >= 4 is 46.7 Å². The molecule has 1 atom stereocenters. The lowest BCUT2D eigenvalue weighted by molar-refractivity contribution is -0.152. The highest BCUT2D eigenvalue weighted by Gasteiger charge is 2.17. The summed E-state index contributed by atoms with van der Waals surface area (Å²) in [5.74, 6) is 0.00292. The summed E-state index contributed by atoms with van der Waals surface area (Å²) in [7, 11) is 0. The van der Waals surface area contributed by atoms with Gasteiger partial charge in [-0.25, -0.2) is 0 Å². The average Bonchev–Trinajstić information content (AvgIpc) is 2.68. The third-order valence-electron chi connectivity index (χ3n) is 5.09. The van der Waals surface area contributed by atoms with E-state index in [1.54, 1.807) is 12.1 Å². The SMILES string of the molecule is CCCC(OC(=O)CCCCCCCCC(=O)OCc1c(Cl)cc(Cl)cc1Cl)C(C)C. The van der Waals surface area contributed by atoms with Crippen molar-refractivity contribution in [3.63, 3.8) is 0 Å². The Bertz CT molecular complexity index is 668. The standard InChI is InChI=1S/C24H35Cl3O4/c1-4-11-22(17(2)3)31-24(29)13-10-8-6-5-7-9-12-23(28)30-16-19-20(26)14-18(25)15-21(19)27/h14-15,17,22H,4-13,16H2,1-3H3. The van der Waals surface area contributed by atoms with E-state index in [1.807, 2.05) is 0 Å². The first-order valence-corrected chi connectivity index (χ1v) is 12.4. The molecule has 0 aliphatic rings. The maximum Gasteiger partial charge on any atom is 0.306 e. The van der Waals surface area contributed by atoms with E-state index < -0.39 is 0 Å². The van der Waals surface area contributed by atoms with Gasteiger partial charge in [0.25, 0.3) is 0 Å². The summed E-state index contributed by atoms with van der Waals surface area (Å²) in [6.45, 7) is 6.32. The Balaban J connectivity index is 2.08. The van der Waals surface area contributed by atoms with Crippen LogP contribution in [0.5, 0.6) is 0 Å². The lowest BCUT2D eigenvalue weighted by Gasteiger charge is -2.20. The Morgan fingerprint density at radius 3 is 1.90 bits per heavy atom. The number of hydrogen-bond donors (Lipinski definition) is 0. The molecule has 0 spiro atoms. The Morgan fingerprint density at radius 2 is 1.39 bits per heavy atom. The van der Waals surface area contributed by atoms with E-state index in [0.29, 0.717) is 39.4 Å². The molecule has 0 saturated carbocycles. The highest BCUT2D eigenvalue weighted by atomic mass is 35.5. The van der Waals surface area contributed by atoms with Gasteiger partial charge in [0.1, 0.15) is 12.7 Å². The number of halogens is 3. The molecule has 7 heteroatoms. The quantitative estimate of drug-likeness (QED) is 0.182. The first kappa shape index (κ1) is 28.1. The minimum Gasteiger partial charge on any atom is -0.462 e. The Hall–Kier alpha value is -0.970. The van der Waals surface area contributed by atoms with Crippen LogP contribution < -0.4 is 0 Å². The first-order chi connectivity index (χ1) is 14.7. The Morgan fingerprint density at radius 1 is 0.871 bits per heavy atom. The highest BCUT2D eigenvalue weighted by molar-refractivity contribution is 6.39. The topological polar surface area (TPSA) is 52.6 Å². The molecule has 0 saturated heterocycles. The third-order valence-corrected chi connectivity index (χ3v) is 5.99. The summed E-state index contributed by atoms with van der Waals surface area (Å²) in [6.07, 6.45) is 8.46. The maximum absolute atomic E-state index is 12.0. The number of carbonyl (C=O) groups is 2. The molecule has 0 heterocycles. The van der Waals surface area contributed by atoms with E-state index in [0.717, 1.165) is 51.4 Å². The van der Waals surface area contributed by atoms with Gasteiger partial charge in [0.05, 0.1) is 10.0 Å². The molecule has 1 unspecified atom stereocenters. The van der Waals surface area contributed by atoms with Gasteiger partial charge in [-0.1, -0.05) is 87.7 Å². The van der Waals surface area contributed by atoms with Gasteiger partial charge in [-0.15, -0.1) is 0 Å². The minimum absolute atomic E-state index is 0.0315. The second-order valence-electron chi connectivity index (χ2n) is 8.19. The fourth-order valence-electron chi connectivity index (χ4n) is 3.22. The molecule has 1 rings (SSSR count). The van der Waals surface area contributed by atoms with Crippen molar-refractivity contribution in [2.45, 2.75) is 97.7 Å². The number of benzene rings is 1. The Kier molecular flexibility index (Phi) is 14.3. The van der Waals surface area contributed by atoms with E-state index in [-0.39, 0.29) is 24.6 Å². The molecule has 0 aliphatic heterocycles. The molecule has 31 heavy (non-hydrogen) atoms. The molecular weight excluding hydrogens is 459 g/mol. The fraction of sp³-hybridized carbons (Fsp3) is 0.667. The molecule has 4 nitrogen and oxygen atoms in total. The molecule has 176 valence electrons. The van der Waals surface area contributed by atoms with Gasteiger partial charge in [0, 0.05) is 23.4 Å². The molecule has 1 aromatic carbocycles. The zero-order valence-electron chi connectivity index (χ0n) is 18.9. The van der Waals surface area contributed by atoms with Crippen LogP contribution in [0.4, 0.5) is 0 Å². The molecule has 0 fully saturated rings. The summed E-state index contributed by atoms with van der Waals surface area (Å²) in [4.78, 5) is 23.9. The van der Waals surface area contributed by atoms with Crippen molar-refractivity contribution in [2.75, 3.05) is 0 Å². The van der Waals surface area contributed by atoms with Crippen molar-refractivity contribution in [1.29, 1.82) is 0 Å². The van der Waals surface area contributed by atoms with E-state index >= 15 is 0 Å². The van der Waals surface area contributed by atoms with Crippen LogP contribution in [0.15, 0.2) is 12.1 Å². The van der Waals surface area contributed by atoms with Gasteiger partial charge in [0.15, 0.2) is 0 Å². The van der Waals surface area contributed by atoms with Crippen LogP contribution in [-0.2, 0) is 25.7 Å². The summed E-state index contributed by atoms with van der Waals surface area (Å²) in [5.41, 5.74) is 0.564. The van der Waals surface area contributed by atoms with Crippen molar-refractivity contribution in [1.82, 2.24) is 0 Å². The van der Waals surface area contributed by atoms with E-state index in [1.165, 1.54) is 0 Å². The van der Waals surface area contributed by atoms with E-state index in [2.05, 4.69) is 20.8 Å². The van der Waals surface area contributed by atoms with Crippen molar-refractivity contribution in [3.8, 4) is 0 Å². The van der Waals surface area contributed by atoms with Gasteiger partial charge < -0.3 is 9.47 Å². The monoisotopic (exact) mass is 492 g/mol. The van der Waals surface area contributed by atoms with Crippen LogP contribution in [0.1, 0.15) is 90.5 Å². The number of hydrogen-bond acceptors (Lipinski definition) is 4. The molecule has 0 amide bonds. The van der Waals surface area contributed by atoms with Crippen LogP contribution in [0, 0.1) is 5.92 Å². The van der Waals surface area contributed by atoms with Gasteiger partial charge in [0.2, 0.25) is 0 Å². The van der Waals surface area contributed by atoms with Gasteiger partial charge in [-0.05, 0) is 37.3 Å². The largest absolute Gasteiger partial charge is 0.462 e. The maximum atomic E-state index is 12.0. The summed E-state index contributed by atoms with van der Waals surface area (Å²) in [6, 6.07) is 3.15. The van der Waals surface area contributed by atoms with Crippen molar-refractivity contribution in [2.24, 2.45) is 5.92 Å². The van der Waals surface area contributed by atoms with Crippen LogP contribution in [0.25, 0.3) is 0 Å². The zero-order chi connectivity index (χ0) is 23.2. The molecule has 0 bridgehead atoms. The average molecular weight is 494 g/mol. The van der Waals surface area contributed by atoms with Gasteiger partial charge in [-0.2, -0.15) is 0 Å². The summed E-state index contributed by atoms with van der Waals surface area (Å²) >= 11 is 18.0. The molecular formula is C24H35Cl3O4. The van der Waals surface area contributed by atoms with Gasteiger partial charge in [-0.3, -0.25) is 9.59 Å². The number of rotatable bonds is 15. The van der Waals surface area contributed by atoms with Crippen LogP contribution in [0.2, 0.25) is 15.1 Å². The zero-order valence-corrected chi connectivity index (χ0v) is 21.1. The number of carbonyl (C=O) groups excluding carboxylic acids is 2. The fourth-order valence-corrected chi connectivity index (χ4v) is 4.15. The number of ether oxygens (including phenoxy) is 2. The van der Waals surface area contributed by atoms with Crippen molar-refractivity contribution < 1.29 is 19.1 Å². The minimum atomic E-state index is -0.267. The van der Waals surface area contributed by atoms with Crippen LogP contribution in [0.3, 0.4) is 0 Å². The summed E-state index contributed by atoms with van der Waals surface area (Å²) in [5, 5.41) is 1.22. The van der Waals surface area contributed by atoms with Crippen LogP contribution in [-0.4, -0.2) is 18.0 Å². The van der Waals surface area contributed by atoms with E-state index in [9.17, 15) is 9.59 Å². The molecule has 0 radical (unpaired) electrons. The number of unbranched alkanes of at least 4 members (excludes halogenated alkanes) is 5. The smallest absolute Gasteiger partial charge is 0.306 e. The van der Waals surface area contributed by atoms with Gasteiger partial charge >= 0.3 is 11.9 Å². The van der Waals surface area contributed by atoms with Crippen molar-refractivity contribution in [3.05, 3.63) is 32.8 Å². The third kappa shape index (κ3) is 12.0. The molecule has 0 aliphatic carbocycles. The second-order valence-corrected chi connectivity index (χ2v) is 9.44. The van der Waals surface area contributed by atoms with Crippen LogP contribution >= 0.6 is 34.8 Å². The molecule has 0 N–H and O–H groups in total.